The van der Waals surface area contributed by atoms with E-state index in [0.29, 0.717) is 22.7 Å². The Hall–Kier alpha value is -5.06. The molecule has 3 heterocycles. The van der Waals surface area contributed by atoms with Gasteiger partial charge >= 0.3 is 0 Å². The summed E-state index contributed by atoms with van der Waals surface area (Å²) in [6.07, 6.45) is -6.71. The topological polar surface area (TPSA) is 247 Å². The fraction of sp³-hybridized carbons (Fsp3) is 0.635. The van der Waals surface area contributed by atoms with Crippen LogP contribution in [-0.4, -0.2) is 174 Å². The summed E-state index contributed by atoms with van der Waals surface area (Å²) in [6.45, 7) is 18.1. The lowest BCUT2D eigenvalue weighted by Gasteiger charge is -2.49. The fourth-order valence-corrected chi connectivity index (χ4v) is 12.3. The van der Waals surface area contributed by atoms with Gasteiger partial charge in [0.1, 0.15) is 24.3 Å². The molecule has 6 rings (SSSR count). The van der Waals surface area contributed by atoms with Crippen LogP contribution < -0.4 is 21.3 Å². The second-order valence-electron chi connectivity index (χ2n) is 24.9. The molecule has 3 aromatic rings. The van der Waals surface area contributed by atoms with Crippen LogP contribution in [0, 0.1) is 30.6 Å². The van der Waals surface area contributed by atoms with Crippen molar-refractivity contribution in [1.82, 2.24) is 25.8 Å². The highest BCUT2D eigenvalue weighted by Gasteiger charge is 2.51. The van der Waals surface area contributed by atoms with Crippen LogP contribution in [0.15, 0.2) is 72.8 Å². The number of halogens is 1. The van der Waals surface area contributed by atoms with Crippen LogP contribution in [0.1, 0.15) is 110 Å². The Morgan fingerprint density at radius 3 is 2.23 bits per heavy atom. The maximum atomic E-state index is 14.9. The molecule has 17 atom stereocenters. The quantitative estimate of drug-likeness (QED) is 0.0906. The van der Waals surface area contributed by atoms with Crippen molar-refractivity contribution in [3.05, 3.63) is 100 Å². The number of amides is 5. The van der Waals surface area contributed by atoms with Gasteiger partial charge in [-0.3, -0.25) is 24.0 Å². The second kappa shape index (κ2) is 29.4. The Morgan fingerprint density at radius 1 is 0.904 bits per heavy atom. The van der Waals surface area contributed by atoms with E-state index in [1.54, 1.807) is 96.8 Å². The van der Waals surface area contributed by atoms with E-state index in [1.165, 1.54) is 7.11 Å². The Morgan fingerprint density at radius 2 is 1.59 bits per heavy atom. The highest BCUT2D eigenvalue weighted by molar-refractivity contribution is 6.31. The van der Waals surface area contributed by atoms with Crippen LogP contribution in [0.4, 0.5) is 5.69 Å². The number of benzene rings is 3. The van der Waals surface area contributed by atoms with Crippen LogP contribution in [0.3, 0.4) is 0 Å². The van der Waals surface area contributed by atoms with Gasteiger partial charge in [-0.25, -0.2) is 0 Å². The number of likely N-dealkylation sites (N-methyl/N-ethyl adjacent to an activating group) is 1. The van der Waals surface area contributed by atoms with Gasteiger partial charge < -0.3 is 70.1 Å². The smallest absolute Gasteiger partial charge is 0.247 e. The molecule has 3 aromatic carbocycles. The molecule has 0 bridgehead atoms. The molecule has 0 radical (unpaired) electrons. The zero-order valence-corrected chi connectivity index (χ0v) is 51.8. The standard InChI is InChI=1S/C63H93ClN6O13/c1-35(2)53-60(77)66-46(28-42-22-24-45(25-23-42)65-59(76)48(30-44-20-15-16-21-47(44)64)67-50(71)29-43-19-17-18-36(3)26-43)31-51(72)70(13)34-37(4)32-62(9,78)57(83-61-54(73)49(69(11)12)27-38(5)80-61)39(6)55(40(7)58(75)68-53)82-52-33-63(10,79-14)56(74)41(8)81-52/h15-26,35,37-41,46,48-49,52-57,61,73-74,78H,27-34H2,1-14H3,(H,65,76)(H,66,77)(H,67,71)(H,68,75)/t37-,38-,39+,40-,41+,46-,48+,49+,52+,53+,54-,55+,56+,57-,61+,62-,63-/m1/s1. The molecule has 3 aliphatic rings. The first-order valence-electron chi connectivity index (χ1n) is 29.2. The third-order valence-electron chi connectivity index (χ3n) is 16.8. The van der Waals surface area contributed by atoms with Crippen LogP contribution in [0.25, 0.3) is 0 Å². The van der Waals surface area contributed by atoms with E-state index in [9.17, 15) is 39.3 Å². The fourth-order valence-electron chi connectivity index (χ4n) is 12.1. The number of rotatable bonds is 16. The van der Waals surface area contributed by atoms with Crippen LogP contribution >= 0.6 is 11.6 Å². The van der Waals surface area contributed by atoms with Gasteiger partial charge in [0.05, 0.1) is 48.0 Å². The number of aryl methyl sites for hydroxylation is 1. The number of hydrogen-bond donors (Lipinski definition) is 7. The second-order valence-corrected chi connectivity index (χ2v) is 25.3. The predicted octanol–water partition coefficient (Wildman–Crippen LogP) is 5.73. The minimum absolute atomic E-state index is 0.0756. The van der Waals surface area contributed by atoms with Crippen LogP contribution in [0.5, 0.6) is 0 Å². The maximum absolute atomic E-state index is 14.9. The molecule has 0 saturated carbocycles. The van der Waals surface area contributed by atoms with Crippen molar-refractivity contribution in [2.24, 2.45) is 23.7 Å². The van der Waals surface area contributed by atoms with E-state index >= 15 is 0 Å². The van der Waals surface area contributed by atoms with E-state index in [0.717, 1.165) is 16.7 Å². The Bertz CT molecular complexity index is 2660. The van der Waals surface area contributed by atoms with Gasteiger partial charge in [-0.15, -0.1) is 0 Å². The van der Waals surface area contributed by atoms with E-state index < -0.39 is 108 Å². The predicted molar refractivity (Wildman–Crippen MR) is 317 cm³/mol. The highest BCUT2D eigenvalue weighted by atomic mass is 35.5. The minimum atomic E-state index is -1.71. The van der Waals surface area contributed by atoms with E-state index in [4.69, 9.17) is 35.3 Å². The number of aliphatic hydroxyl groups excluding tert-OH is 2. The maximum Gasteiger partial charge on any atom is 0.247 e. The molecule has 0 aromatic heterocycles. The highest BCUT2D eigenvalue weighted by Crippen LogP contribution is 2.39. The minimum Gasteiger partial charge on any atom is -0.387 e. The molecule has 0 spiro atoms. The lowest BCUT2D eigenvalue weighted by atomic mass is 9.77. The molecule has 83 heavy (non-hydrogen) atoms. The molecule has 5 amide bonds. The zero-order valence-electron chi connectivity index (χ0n) is 51.0. The van der Waals surface area contributed by atoms with E-state index in [1.807, 2.05) is 76.2 Å². The van der Waals surface area contributed by atoms with Crippen LogP contribution in [-0.2, 0) is 66.9 Å². The summed E-state index contributed by atoms with van der Waals surface area (Å²) in [5.41, 5.74) is 0.882. The Balaban J connectivity index is 1.29. The summed E-state index contributed by atoms with van der Waals surface area (Å²) in [6, 6.07) is 18.6. The largest absolute Gasteiger partial charge is 0.387 e. The lowest BCUT2D eigenvalue weighted by molar-refractivity contribution is -0.317. The van der Waals surface area contributed by atoms with Gasteiger partial charge in [0, 0.05) is 68.7 Å². The van der Waals surface area contributed by atoms with Crippen molar-refractivity contribution >= 4 is 46.8 Å². The molecule has 3 saturated heterocycles. The first-order valence-corrected chi connectivity index (χ1v) is 29.6. The van der Waals surface area contributed by atoms with Crippen molar-refractivity contribution in [2.45, 2.75) is 199 Å². The van der Waals surface area contributed by atoms with Gasteiger partial charge in [0.15, 0.2) is 12.6 Å². The first kappa shape index (κ1) is 67.1. The third-order valence-corrected chi connectivity index (χ3v) is 17.2. The normalized spacial score (nSPS) is 33.0. The monoisotopic (exact) mass is 1180 g/mol. The van der Waals surface area contributed by atoms with Gasteiger partial charge in [-0.2, -0.15) is 0 Å². The third kappa shape index (κ3) is 18.0. The molecule has 0 aliphatic carbocycles. The summed E-state index contributed by atoms with van der Waals surface area (Å²) in [5, 5.41) is 48.3. The summed E-state index contributed by atoms with van der Waals surface area (Å²) >= 11 is 6.53. The number of carbonyl (C=O) groups is 5. The lowest BCUT2D eigenvalue weighted by Crippen LogP contribution is -2.61. The Labute approximate surface area is 496 Å². The molecular formula is C63H93ClN6O13. The molecular weight excluding hydrogens is 1080 g/mol. The zero-order chi connectivity index (χ0) is 61.2. The molecule has 20 heteroatoms. The number of aliphatic hydroxyl groups is 3. The number of carbonyl (C=O) groups excluding carboxylic acids is 5. The molecule has 3 aliphatic heterocycles. The number of methoxy groups -OCH3 is 1. The molecule has 0 unspecified atom stereocenters. The molecule has 19 nitrogen and oxygen atoms in total. The summed E-state index contributed by atoms with van der Waals surface area (Å²) < 4.78 is 32.1. The van der Waals surface area contributed by atoms with Crippen molar-refractivity contribution < 1.29 is 63.0 Å². The van der Waals surface area contributed by atoms with E-state index in [2.05, 4.69) is 21.3 Å². The van der Waals surface area contributed by atoms with Gasteiger partial charge in [0.25, 0.3) is 0 Å². The van der Waals surface area contributed by atoms with Gasteiger partial charge in [-0.05, 0) is 115 Å². The molecule has 460 valence electrons. The SMILES string of the molecule is CO[C@]1(C)C[C@H](O[C@H]2[C@H](C)[C@@H](O[C@@H]3O[C@H](C)C[C@H](N(C)C)[C@H]3O)[C@](C)(O)C[C@@H](C)CN(C)C(=O)C[C@@H](Cc3ccc(NC(=O)[C@H](Cc4ccccc4Cl)NC(=O)Cc4cccc(C)c4)cc3)NC(=O)[C@H](C(C)C)NC(=O)[C@@H]2C)O[C@@H](C)[C@@H]1O. The number of nitrogens with one attached hydrogen (secondary N) is 4. The van der Waals surface area contributed by atoms with Gasteiger partial charge in [0.2, 0.25) is 29.5 Å². The van der Waals surface area contributed by atoms with E-state index in [-0.39, 0.29) is 74.9 Å². The van der Waals surface area contributed by atoms with Crippen molar-refractivity contribution in [3.8, 4) is 0 Å². The number of anilines is 1. The van der Waals surface area contributed by atoms with Crippen molar-refractivity contribution in [3.63, 3.8) is 0 Å². The summed E-state index contributed by atoms with van der Waals surface area (Å²) in [5.74, 6) is -4.82. The number of hydrogen-bond acceptors (Lipinski definition) is 14. The van der Waals surface area contributed by atoms with Crippen LogP contribution in [0.2, 0.25) is 5.02 Å². The van der Waals surface area contributed by atoms with Crippen molar-refractivity contribution in [1.29, 1.82) is 0 Å². The number of nitrogens with zero attached hydrogens (tertiary/aromatic N) is 2. The first-order chi connectivity index (χ1) is 39.0. The molecule has 7 N–H and O–H groups in total. The number of ether oxygens (including phenoxy) is 5. The van der Waals surface area contributed by atoms with Crippen molar-refractivity contribution in [2.75, 3.05) is 40.1 Å². The summed E-state index contributed by atoms with van der Waals surface area (Å²) in [4.78, 5) is 74.9. The average Bonchev–Trinajstić information content (AvgIpc) is 3.27. The Kier molecular flexibility index (Phi) is 23.7. The molecule has 3 fully saturated rings. The average molecular weight is 1180 g/mol. The van der Waals surface area contributed by atoms with Gasteiger partial charge in [-0.1, -0.05) is 106 Å². The summed E-state index contributed by atoms with van der Waals surface area (Å²) in [7, 11) is 6.90.